The van der Waals surface area contributed by atoms with Crippen molar-refractivity contribution in [3.05, 3.63) is 48.0 Å². The molecule has 2 rings (SSSR count). The standard InChI is InChI=1S/C16H21NO2/c1-3-4-8-14-15(19-2)9-7-12-17(14)16(13-18)10-5-6-11-16/h5-9,12-13H,3-4,10-11H2,1-2H3/b14-8+. The Hall–Kier alpha value is -1.77. The molecule has 3 nitrogen and oxygen atoms in total. The van der Waals surface area contributed by atoms with Crippen LogP contribution in [0.3, 0.4) is 0 Å². The molecular formula is C16H21NO2. The van der Waals surface area contributed by atoms with Crippen molar-refractivity contribution >= 4 is 6.29 Å². The summed E-state index contributed by atoms with van der Waals surface area (Å²) in [5.74, 6) is 0.823. The molecule has 0 amide bonds. The molecular weight excluding hydrogens is 238 g/mol. The van der Waals surface area contributed by atoms with Gasteiger partial charge in [0.1, 0.15) is 17.6 Å². The first-order valence-corrected chi connectivity index (χ1v) is 6.81. The summed E-state index contributed by atoms with van der Waals surface area (Å²) in [4.78, 5) is 13.7. The maximum Gasteiger partial charge on any atom is 0.146 e. The van der Waals surface area contributed by atoms with E-state index < -0.39 is 5.54 Å². The Morgan fingerprint density at radius 2 is 2.16 bits per heavy atom. The van der Waals surface area contributed by atoms with Crippen molar-refractivity contribution in [2.24, 2.45) is 0 Å². The van der Waals surface area contributed by atoms with E-state index >= 15 is 0 Å². The zero-order chi connectivity index (χ0) is 13.7. The van der Waals surface area contributed by atoms with Crippen LogP contribution in [0.15, 0.2) is 48.0 Å². The van der Waals surface area contributed by atoms with Crippen molar-refractivity contribution in [3.8, 4) is 0 Å². The lowest BCUT2D eigenvalue weighted by atomic mass is 9.94. The Morgan fingerprint density at radius 3 is 2.74 bits per heavy atom. The molecule has 0 spiro atoms. The van der Waals surface area contributed by atoms with Gasteiger partial charge in [-0.25, -0.2) is 0 Å². The van der Waals surface area contributed by atoms with E-state index in [0.29, 0.717) is 0 Å². The van der Waals surface area contributed by atoms with Gasteiger partial charge < -0.3 is 14.4 Å². The topological polar surface area (TPSA) is 29.5 Å². The number of hydrogen-bond donors (Lipinski definition) is 0. The summed E-state index contributed by atoms with van der Waals surface area (Å²) >= 11 is 0. The van der Waals surface area contributed by atoms with Crippen LogP contribution in [0.4, 0.5) is 0 Å². The highest BCUT2D eigenvalue weighted by Gasteiger charge is 2.39. The minimum Gasteiger partial charge on any atom is -0.495 e. The SMILES string of the molecule is CCC/C=C1\C(OC)=CC=CN1C1(C=O)CC=CC1. The van der Waals surface area contributed by atoms with E-state index in [0.717, 1.165) is 43.4 Å². The predicted molar refractivity (Wildman–Crippen MR) is 76.2 cm³/mol. The van der Waals surface area contributed by atoms with Gasteiger partial charge in [-0.15, -0.1) is 0 Å². The van der Waals surface area contributed by atoms with Gasteiger partial charge in [0.05, 0.1) is 12.8 Å². The fraction of sp³-hybridized carbons (Fsp3) is 0.438. The van der Waals surface area contributed by atoms with Crippen molar-refractivity contribution in [3.63, 3.8) is 0 Å². The van der Waals surface area contributed by atoms with Gasteiger partial charge >= 0.3 is 0 Å². The normalized spacial score (nSPS) is 22.7. The van der Waals surface area contributed by atoms with Gasteiger partial charge in [0.2, 0.25) is 0 Å². The molecule has 0 aromatic heterocycles. The highest BCUT2D eigenvalue weighted by Crippen LogP contribution is 2.36. The maximum atomic E-state index is 11.6. The molecule has 0 saturated heterocycles. The van der Waals surface area contributed by atoms with Crippen molar-refractivity contribution in [2.45, 2.75) is 38.1 Å². The first-order chi connectivity index (χ1) is 9.27. The average Bonchev–Trinajstić information content (AvgIpc) is 2.94. The van der Waals surface area contributed by atoms with Crippen molar-refractivity contribution in [1.29, 1.82) is 0 Å². The van der Waals surface area contributed by atoms with Gasteiger partial charge in [-0.3, -0.25) is 0 Å². The fourth-order valence-electron chi connectivity index (χ4n) is 2.55. The summed E-state index contributed by atoms with van der Waals surface area (Å²) in [5.41, 5.74) is 0.524. The van der Waals surface area contributed by atoms with Gasteiger partial charge in [0.25, 0.3) is 0 Å². The Labute approximate surface area is 114 Å². The summed E-state index contributed by atoms with van der Waals surface area (Å²) in [6, 6.07) is 0. The summed E-state index contributed by atoms with van der Waals surface area (Å²) in [7, 11) is 1.67. The number of carbonyl (C=O) groups excluding carboxylic acids is 1. The Balaban J connectivity index is 2.35. The number of nitrogens with zero attached hydrogens (tertiary/aromatic N) is 1. The summed E-state index contributed by atoms with van der Waals surface area (Å²) in [5, 5.41) is 0. The molecule has 0 bridgehead atoms. The highest BCUT2D eigenvalue weighted by molar-refractivity contribution is 5.68. The number of aldehydes is 1. The Bertz CT molecular complexity index is 449. The number of unbranched alkanes of at least 4 members (excludes halogenated alkanes) is 1. The van der Waals surface area contributed by atoms with Crippen molar-refractivity contribution in [1.82, 2.24) is 4.90 Å². The van der Waals surface area contributed by atoms with Crippen LogP contribution in [0, 0.1) is 0 Å². The Morgan fingerprint density at radius 1 is 1.42 bits per heavy atom. The molecule has 1 heterocycles. The van der Waals surface area contributed by atoms with E-state index in [1.807, 2.05) is 18.4 Å². The van der Waals surface area contributed by atoms with Crippen LogP contribution in [-0.2, 0) is 9.53 Å². The first-order valence-electron chi connectivity index (χ1n) is 6.81. The van der Waals surface area contributed by atoms with E-state index in [1.165, 1.54) is 0 Å². The minimum absolute atomic E-state index is 0.478. The lowest BCUT2D eigenvalue weighted by molar-refractivity contribution is -0.115. The zero-order valence-electron chi connectivity index (χ0n) is 11.6. The van der Waals surface area contributed by atoms with Crippen molar-refractivity contribution < 1.29 is 9.53 Å². The summed E-state index contributed by atoms with van der Waals surface area (Å²) in [6.45, 7) is 2.14. The third-order valence-corrected chi connectivity index (χ3v) is 3.65. The first kappa shape index (κ1) is 13.7. The zero-order valence-corrected chi connectivity index (χ0v) is 11.6. The van der Waals surface area contributed by atoms with Crippen LogP contribution >= 0.6 is 0 Å². The van der Waals surface area contributed by atoms with E-state index in [9.17, 15) is 4.79 Å². The van der Waals surface area contributed by atoms with E-state index in [4.69, 9.17) is 4.74 Å². The van der Waals surface area contributed by atoms with Gasteiger partial charge in [-0.05, 0) is 31.4 Å². The monoisotopic (exact) mass is 259 g/mol. The second-order valence-electron chi connectivity index (χ2n) is 4.93. The smallest absolute Gasteiger partial charge is 0.146 e. The fourth-order valence-corrected chi connectivity index (χ4v) is 2.55. The molecule has 2 aliphatic rings. The molecule has 0 aromatic rings. The molecule has 0 saturated carbocycles. The number of hydrogen-bond acceptors (Lipinski definition) is 3. The molecule has 0 fully saturated rings. The molecule has 0 unspecified atom stereocenters. The molecule has 0 N–H and O–H groups in total. The third-order valence-electron chi connectivity index (χ3n) is 3.65. The molecule has 0 atom stereocenters. The number of rotatable bonds is 5. The quantitative estimate of drug-likeness (QED) is 0.560. The summed E-state index contributed by atoms with van der Waals surface area (Å²) < 4.78 is 5.44. The van der Waals surface area contributed by atoms with E-state index in [-0.39, 0.29) is 0 Å². The van der Waals surface area contributed by atoms with Gasteiger partial charge in [-0.2, -0.15) is 0 Å². The van der Waals surface area contributed by atoms with Crippen LogP contribution in [0.25, 0.3) is 0 Å². The van der Waals surface area contributed by atoms with E-state index in [2.05, 4.69) is 30.1 Å². The lowest BCUT2D eigenvalue weighted by Crippen LogP contribution is -2.45. The molecule has 0 aromatic carbocycles. The largest absolute Gasteiger partial charge is 0.495 e. The molecule has 1 aliphatic heterocycles. The third kappa shape index (κ3) is 2.50. The second-order valence-corrected chi connectivity index (χ2v) is 4.93. The van der Waals surface area contributed by atoms with Crippen molar-refractivity contribution in [2.75, 3.05) is 7.11 Å². The number of methoxy groups -OCH3 is 1. The molecule has 19 heavy (non-hydrogen) atoms. The number of allylic oxidation sites excluding steroid dienone is 3. The molecule has 102 valence electrons. The van der Waals surface area contributed by atoms with Crippen LogP contribution in [0.2, 0.25) is 0 Å². The molecule has 0 radical (unpaired) electrons. The minimum atomic E-state index is -0.478. The average molecular weight is 259 g/mol. The summed E-state index contributed by atoms with van der Waals surface area (Å²) in [6.07, 6.45) is 16.8. The second kappa shape index (κ2) is 5.91. The van der Waals surface area contributed by atoms with E-state index in [1.54, 1.807) is 7.11 Å². The molecule has 3 heteroatoms. The lowest BCUT2D eigenvalue weighted by Gasteiger charge is -2.39. The number of ether oxygens (including phenoxy) is 1. The Kier molecular flexibility index (Phi) is 4.25. The van der Waals surface area contributed by atoms with Crippen LogP contribution in [0.5, 0.6) is 0 Å². The van der Waals surface area contributed by atoms with Gasteiger partial charge in [0, 0.05) is 6.20 Å². The number of carbonyl (C=O) groups is 1. The highest BCUT2D eigenvalue weighted by atomic mass is 16.5. The maximum absolute atomic E-state index is 11.6. The van der Waals surface area contributed by atoms with Gasteiger partial charge in [-0.1, -0.05) is 31.6 Å². The predicted octanol–water partition coefficient (Wildman–Crippen LogP) is 3.32. The van der Waals surface area contributed by atoms with Crippen LogP contribution in [-0.4, -0.2) is 23.8 Å². The molecule has 1 aliphatic carbocycles. The van der Waals surface area contributed by atoms with Crippen LogP contribution < -0.4 is 0 Å². The van der Waals surface area contributed by atoms with Crippen LogP contribution in [0.1, 0.15) is 32.6 Å². The van der Waals surface area contributed by atoms with Gasteiger partial charge in [0.15, 0.2) is 0 Å².